The number of aromatic nitrogens is 2. The SMILES string of the molecule is NCCc1nnc(-c2cccc(F)c2F)o1. The Balaban J connectivity index is 2.39. The molecule has 6 heteroatoms. The molecule has 0 aliphatic carbocycles. The fourth-order valence-electron chi connectivity index (χ4n) is 1.26. The summed E-state index contributed by atoms with van der Waals surface area (Å²) in [6, 6.07) is 3.77. The lowest BCUT2D eigenvalue weighted by atomic mass is 10.2. The maximum absolute atomic E-state index is 13.4. The summed E-state index contributed by atoms with van der Waals surface area (Å²) < 4.78 is 31.4. The van der Waals surface area contributed by atoms with Crippen LogP contribution in [0.3, 0.4) is 0 Å². The molecule has 1 aromatic heterocycles. The molecule has 0 saturated heterocycles. The monoisotopic (exact) mass is 225 g/mol. The molecule has 0 radical (unpaired) electrons. The summed E-state index contributed by atoms with van der Waals surface area (Å²) in [5.74, 6) is -1.68. The quantitative estimate of drug-likeness (QED) is 0.860. The highest BCUT2D eigenvalue weighted by Gasteiger charge is 2.15. The average Bonchev–Trinajstić information content (AvgIpc) is 2.71. The van der Waals surface area contributed by atoms with Gasteiger partial charge in [0, 0.05) is 13.0 Å². The van der Waals surface area contributed by atoms with Gasteiger partial charge in [0.2, 0.25) is 5.89 Å². The highest BCUT2D eigenvalue weighted by Crippen LogP contribution is 2.22. The zero-order chi connectivity index (χ0) is 11.5. The van der Waals surface area contributed by atoms with Crippen molar-refractivity contribution in [3.8, 4) is 11.5 Å². The summed E-state index contributed by atoms with van der Waals surface area (Å²) in [5.41, 5.74) is 5.26. The summed E-state index contributed by atoms with van der Waals surface area (Å²) >= 11 is 0. The zero-order valence-electron chi connectivity index (χ0n) is 8.28. The summed E-state index contributed by atoms with van der Waals surface area (Å²) in [6.45, 7) is 0.354. The van der Waals surface area contributed by atoms with Gasteiger partial charge in [-0.2, -0.15) is 0 Å². The van der Waals surface area contributed by atoms with Gasteiger partial charge < -0.3 is 10.2 Å². The van der Waals surface area contributed by atoms with Crippen molar-refractivity contribution in [2.45, 2.75) is 6.42 Å². The topological polar surface area (TPSA) is 64.9 Å². The van der Waals surface area contributed by atoms with Crippen LogP contribution in [0.25, 0.3) is 11.5 Å². The van der Waals surface area contributed by atoms with Crippen molar-refractivity contribution in [2.75, 3.05) is 6.54 Å². The minimum atomic E-state index is -0.995. The van der Waals surface area contributed by atoms with Crippen molar-refractivity contribution in [2.24, 2.45) is 5.73 Å². The molecule has 4 nitrogen and oxygen atoms in total. The lowest BCUT2D eigenvalue weighted by molar-refractivity contribution is 0.487. The van der Waals surface area contributed by atoms with Crippen LogP contribution in [0.5, 0.6) is 0 Å². The fraction of sp³-hybridized carbons (Fsp3) is 0.200. The Morgan fingerprint density at radius 3 is 2.81 bits per heavy atom. The van der Waals surface area contributed by atoms with E-state index in [0.29, 0.717) is 18.9 Å². The lowest BCUT2D eigenvalue weighted by Gasteiger charge is -1.97. The van der Waals surface area contributed by atoms with Gasteiger partial charge in [-0.05, 0) is 12.1 Å². The van der Waals surface area contributed by atoms with Crippen LogP contribution in [0.2, 0.25) is 0 Å². The van der Waals surface area contributed by atoms with Crippen LogP contribution in [0, 0.1) is 11.6 Å². The Bertz CT molecular complexity index is 499. The van der Waals surface area contributed by atoms with Crippen LogP contribution in [0.4, 0.5) is 8.78 Å². The minimum absolute atomic E-state index is 0.0412. The molecule has 0 bridgehead atoms. The van der Waals surface area contributed by atoms with Crippen molar-refractivity contribution in [3.05, 3.63) is 35.7 Å². The smallest absolute Gasteiger partial charge is 0.250 e. The molecule has 0 aliphatic heterocycles. The average molecular weight is 225 g/mol. The maximum Gasteiger partial charge on any atom is 0.250 e. The van der Waals surface area contributed by atoms with Gasteiger partial charge in [0.1, 0.15) is 0 Å². The van der Waals surface area contributed by atoms with Crippen molar-refractivity contribution >= 4 is 0 Å². The third-order valence-electron chi connectivity index (χ3n) is 2.01. The fourth-order valence-corrected chi connectivity index (χ4v) is 1.26. The molecule has 2 rings (SSSR count). The van der Waals surface area contributed by atoms with E-state index in [2.05, 4.69) is 10.2 Å². The Labute approximate surface area is 90.1 Å². The number of hydrogen-bond donors (Lipinski definition) is 1. The second-order valence-electron chi connectivity index (χ2n) is 3.14. The molecule has 0 amide bonds. The zero-order valence-corrected chi connectivity index (χ0v) is 8.28. The van der Waals surface area contributed by atoms with E-state index >= 15 is 0 Å². The molecule has 0 unspecified atom stereocenters. The Morgan fingerprint density at radius 1 is 1.25 bits per heavy atom. The van der Waals surface area contributed by atoms with E-state index < -0.39 is 11.6 Å². The molecule has 2 N–H and O–H groups in total. The van der Waals surface area contributed by atoms with Gasteiger partial charge in [0.25, 0.3) is 5.89 Å². The van der Waals surface area contributed by atoms with E-state index in [1.807, 2.05) is 0 Å². The number of nitrogens with zero attached hydrogens (tertiary/aromatic N) is 2. The largest absolute Gasteiger partial charge is 0.421 e. The summed E-state index contributed by atoms with van der Waals surface area (Å²) in [4.78, 5) is 0. The highest BCUT2D eigenvalue weighted by atomic mass is 19.2. The van der Waals surface area contributed by atoms with E-state index in [-0.39, 0.29) is 11.5 Å². The number of halogens is 2. The predicted molar refractivity (Wildman–Crippen MR) is 52.4 cm³/mol. The van der Waals surface area contributed by atoms with E-state index in [0.717, 1.165) is 6.07 Å². The van der Waals surface area contributed by atoms with Crippen LogP contribution < -0.4 is 5.73 Å². The first-order valence-corrected chi connectivity index (χ1v) is 4.69. The number of rotatable bonds is 3. The molecule has 0 spiro atoms. The molecule has 2 aromatic rings. The van der Waals surface area contributed by atoms with Crippen LogP contribution in [0.1, 0.15) is 5.89 Å². The second-order valence-corrected chi connectivity index (χ2v) is 3.14. The molecule has 84 valence electrons. The van der Waals surface area contributed by atoms with Crippen LogP contribution in [-0.2, 0) is 6.42 Å². The molecule has 16 heavy (non-hydrogen) atoms. The van der Waals surface area contributed by atoms with Crippen molar-refractivity contribution < 1.29 is 13.2 Å². The van der Waals surface area contributed by atoms with Gasteiger partial charge in [-0.3, -0.25) is 0 Å². The molecule has 0 aliphatic rings. The lowest BCUT2D eigenvalue weighted by Crippen LogP contribution is -2.02. The summed E-state index contributed by atoms with van der Waals surface area (Å²) in [7, 11) is 0. The third kappa shape index (κ3) is 1.92. The first kappa shape index (κ1) is 10.7. The molecule has 1 aromatic carbocycles. The molecular formula is C10H9F2N3O. The molecule has 0 fully saturated rings. The maximum atomic E-state index is 13.4. The number of benzene rings is 1. The predicted octanol–water partition coefficient (Wildman–Crippen LogP) is 1.52. The second kappa shape index (κ2) is 4.36. The van der Waals surface area contributed by atoms with Gasteiger partial charge in [-0.25, -0.2) is 8.78 Å². The van der Waals surface area contributed by atoms with E-state index in [1.54, 1.807) is 0 Å². The van der Waals surface area contributed by atoms with E-state index in [9.17, 15) is 8.78 Å². The van der Waals surface area contributed by atoms with Crippen LogP contribution in [-0.4, -0.2) is 16.7 Å². The Morgan fingerprint density at radius 2 is 2.06 bits per heavy atom. The van der Waals surface area contributed by atoms with Crippen LogP contribution >= 0.6 is 0 Å². The van der Waals surface area contributed by atoms with E-state index in [4.69, 9.17) is 10.2 Å². The molecule has 1 heterocycles. The van der Waals surface area contributed by atoms with Gasteiger partial charge in [-0.15, -0.1) is 10.2 Å². The first-order chi connectivity index (χ1) is 7.72. The molecular weight excluding hydrogens is 216 g/mol. The van der Waals surface area contributed by atoms with Gasteiger partial charge >= 0.3 is 0 Å². The summed E-state index contributed by atoms with van der Waals surface area (Å²) in [6.07, 6.45) is 0.407. The Hall–Kier alpha value is -1.82. The first-order valence-electron chi connectivity index (χ1n) is 4.69. The van der Waals surface area contributed by atoms with Crippen molar-refractivity contribution in [1.29, 1.82) is 0 Å². The third-order valence-corrected chi connectivity index (χ3v) is 2.01. The van der Waals surface area contributed by atoms with Gasteiger partial charge in [0.05, 0.1) is 5.56 Å². The van der Waals surface area contributed by atoms with E-state index in [1.165, 1.54) is 12.1 Å². The van der Waals surface area contributed by atoms with Crippen molar-refractivity contribution in [3.63, 3.8) is 0 Å². The summed E-state index contributed by atoms with van der Waals surface area (Å²) in [5, 5.41) is 7.30. The highest BCUT2D eigenvalue weighted by molar-refractivity contribution is 5.53. The normalized spacial score (nSPS) is 10.7. The van der Waals surface area contributed by atoms with Crippen LogP contribution in [0.15, 0.2) is 22.6 Å². The molecule has 0 saturated carbocycles. The van der Waals surface area contributed by atoms with Gasteiger partial charge in [0.15, 0.2) is 11.6 Å². The standard InChI is InChI=1S/C10H9F2N3O/c11-7-3-1-2-6(9(7)12)10-15-14-8(16-10)4-5-13/h1-3H,4-5,13H2. The number of nitrogens with two attached hydrogens (primary N) is 1. The van der Waals surface area contributed by atoms with Gasteiger partial charge in [-0.1, -0.05) is 6.07 Å². The number of hydrogen-bond acceptors (Lipinski definition) is 4. The Kier molecular flexibility index (Phi) is 2.91. The van der Waals surface area contributed by atoms with Crippen molar-refractivity contribution in [1.82, 2.24) is 10.2 Å². The minimum Gasteiger partial charge on any atom is -0.421 e. The molecule has 0 atom stereocenters.